The van der Waals surface area contributed by atoms with E-state index in [0.29, 0.717) is 19.8 Å². The van der Waals surface area contributed by atoms with Gasteiger partial charge in [0.25, 0.3) is 0 Å². The van der Waals surface area contributed by atoms with Gasteiger partial charge in [0.1, 0.15) is 5.75 Å². The van der Waals surface area contributed by atoms with Gasteiger partial charge in [0, 0.05) is 18.2 Å². The molecule has 0 radical (unpaired) electrons. The van der Waals surface area contributed by atoms with Gasteiger partial charge in [-0.3, -0.25) is 9.69 Å². The van der Waals surface area contributed by atoms with Crippen molar-refractivity contribution >= 4 is 11.6 Å². The minimum absolute atomic E-state index is 0.00795. The third-order valence-corrected chi connectivity index (χ3v) is 5.24. The molecule has 0 aromatic heterocycles. The van der Waals surface area contributed by atoms with Crippen molar-refractivity contribution in [2.75, 3.05) is 38.7 Å². The van der Waals surface area contributed by atoms with Crippen molar-refractivity contribution in [1.82, 2.24) is 4.90 Å². The van der Waals surface area contributed by atoms with E-state index in [-0.39, 0.29) is 11.9 Å². The summed E-state index contributed by atoms with van der Waals surface area (Å²) in [6.45, 7) is 2.64. The number of fused-ring (bicyclic) bond motifs is 1. The summed E-state index contributed by atoms with van der Waals surface area (Å²) >= 11 is 0. The number of anilines is 1. The number of hydrogen-bond acceptors (Lipinski definition) is 5. The smallest absolute Gasteiger partial charge is 0.238 e. The van der Waals surface area contributed by atoms with Crippen LogP contribution >= 0.6 is 0 Å². The third-order valence-electron chi connectivity index (χ3n) is 5.24. The zero-order valence-corrected chi connectivity index (χ0v) is 16.1. The van der Waals surface area contributed by atoms with E-state index in [1.54, 1.807) is 7.11 Å². The topological polar surface area (TPSA) is 60.0 Å². The van der Waals surface area contributed by atoms with Crippen molar-refractivity contribution in [2.45, 2.75) is 25.3 Å². The molecule has 2 aliphatic heterocycles. The van der Waals surface area contributed by atoms with E-state index in [9.17, 15) is 4.79 Å². The molecule has 1 amide bonds. The summed E-state index contributed by atoms with van der Waals surface area (Å²) in [5, 5.41) is 2.97. The quantitative estimate of drug-likeness (QED) is 0.856. The predicted molar refractivity (Wildman–Crippen MR) is 107 cm³/mol. The highest BCUT2D eigenvalue weighted by molar-refractivity contribution is 5.92. The molecule has 6 nitrogen and oxygen atoms in total. The number of benzene rings is 2. The van der Waals surface area contributed by atoms with Crippen LogP contribution in [0.5, 0.6) is 17.2 Å². The van der Waals surface area contributed by atoms with E-state index >= 15 is 0 Å². The first-order chi connectivity index (χ1) is 13.7. The van der Waals surface area contributed by atoms with Crippen LogP contribution in [0.25, 0.3) is 0 Å². The van der Waals surface area contributed by atoms with Crippen LogP contribution in [0.15, 0.2) is 42.5 Å². The monoisotopic (exact) mass is 382 g/mol. The van der Waals surface area contributed by atoms with Gasteiger partial charge >= 0.3 is 0 Å². The lowest BCUT2D eigenvalue weighted by atomic mass is 10.0. The van der Waals surface area contributed by atoms with Crippen LogP contribution in [0.2, 0.25) is 0 Å². The van der Waals surface area contributed by atoms with Crippen LogP contribution < -0.4 is 19.5 Å². The maximum atomic E-state index is 12.5. The van der Waals surface area contributed by atoms with Gasteiger partial charge in [-0.2, -0.15) is 0 Å². The van der Waals surface area contributed by atoms with Gasteiger partial charge in [-0.15, -0.1) is 0 Å². The van der Waals surface area contributed by atoms with E-state index in [4.69, 9.17) is 14.2 Å². The zero-order chi connectivity index (χ0) is 19.3. The van der Waals surface area contributed by atoms with Crippen LogP contribution in [0.3, 0.4) is 0 Å². The van der Waals surface area contributed by atoms with Crippen LogP contribution in [0, 0.1) is 0 Å². The average molecular weight is 382 g/mol. The van der Waals surface area contributed by atoms with Crippen LogP contribution in [0.1, 0.15) is 30.9 Å². The van der Waals surface area contributed by atoms with E-state index in [0.717, 1.165) is 48.7 Å². The highest BCUT2D eigenvalue weighted by Crippen LogP contribution is 2.37. The molecule has 0 spiro atoms. The molecule has 6 heteroatoms. The first kappa shape index (κ1) is 18.6. The Hall–Kier alpha value is -2.73. The lowest BCUT2D eigenvalue weighted by Crippen LogP contribution is -2.32. The second kappa shape index (κ2) is 8.52. The summed E-state index contributed by atoms with van der Waals surface area (Å²) in [6, 6.07) is 13.8. The van der Waals surface area contributed by atoms with Crippen molar-refractivity contribution in [1.29, 1.82) is 0 Å². The summed E-state index contributed by atoms with van der Waals surface area (Å²) in [5.74, 6) is 2.38. The summed E-state index contributed by atoms with van der Waals surface area (Å²) in [4.78, 5) is 14.8. The molecule has 0 bridgehead atoms. The molecule has 0 aliphatic carbocycles. The van der Waals surface area contributed by atoms with Gasteiger partial charge in [0.05, 0.1) is 26.9 Å². The van der Waals surface area contributed by atoms with E-state index < -0.39 is 0 Å². The summed E-state index contributed by atoms with van der Waals surface area (Å²) < 4.78 is 16.7. The minimum Gasteiger partial charge on any atom is -0.497 e. The molecular weight excluding hydrogens is 356 g/mol. The largest absolute Gasteiger partial charge is 0.497 e. The van der Waals surface area contributed by atoms with Gasteiger partial charge in [0.15, 0.2) is 11.5 Å². The summed E-state index contributed by atoms with van der Waals surface area (Å²) in [7, 11) is 1.63. The lowest BCUT2D eigenvalue weighted by molar-refractivity contribution is -0.117. The molecular formula is C22H26N2O4. The molecule has 2 aromatic carbocycles. The Morgan fingerprint density at radius 3 is 2.68 bits per heavy atom. The van der Waals surface area contributed by atoms with Crippen molar-refractivity contribution in [3.8, 4) is 17.2 Å². The van der Waals surface area contributed by atoms with Gasteiger partial charge in [0.2, 0.25) is 5.91 Å². The Morgan fingerprint density at radius 2 is 1.89 bits per heavy atom. The lowest BCUT2D eigenvalue weighted by Gasteiger charge is -2.25. The van der Waals surface area contributed by atoms with Gasteiger partial charge in [-0.25, -0.2) is 0 Å². The molecule has 1 fully saturated rings. The molecule has 28 heavy (non-hydrogen) atoms. The second-order valence-electron chi connectivity index (χ2n) is 7.16. The molecule has 2 aromatic rings. The first-order valence-electron chi connectivity index (χ1n) is 9.80. The van der Waals surface area contributed by atoms with Crippen LogP contribution in [-0.2, 0) is 4.79 Å². The Morgan fingerprint density at radius 1 is 1.11 bits per heavy atom. The molecule has 2 heterocycles. The van der Waals surface area contributed by atoms with E-state index in [2.05, 4.69) is 22.3 Å². The van der Waals surface area contributed by atoms with Crippen molar-refractivity contribution in [2.24, 2.45) is 0 Å². The van der Waals surface area contributed by atoms with Crippen molar-refractivity contribution in [3.05, 3.63) is 48.0 Å². The predicted octanol–water partition coefficient (Wildman–Crippen LogP) is 3.63. The van der Waals surface area contributed by atoms with Gasteiger partial charge in [-0.05, 0) is 61.3 Å². The number of methoxy groups -OCH3 is 1. The molecule has 2 aliphatic rings. The molecule has 0 saturated carbocycles. The molecule has 1 atom stereocenters. The standard InChI is InChI=1S/C22H26N2O4/c1-26-18-8-6-17(7-9-18)23-22(25)15-24-11-2-4-19(24)16-5-10-20-21(14-16)28-13-3-12-27-20/h5-10,14,19H,2-4,11-13,15H2,1H3,(H,23,25)/t19-/m0/s1. The summed E-state index contributed by atoms with van der Waals surface area (Å²) in [6.07, 6.45) is 3.01. The van der Waals surface area contributed by atoms with Gasteiger partial charge < -0.3 is 19.5 Å². The fourth-order valence-electron chi connectivity index (χ4n) is 3.84. The molecule has 148 valence electrons. The number of hydrogen-bond donors (Lipinski definition) is 1. The highest BCUT2D eigenvalue weighted by atomic mass is 16.5. The molecule has 1 saturated heterocycles. The van der Waals surface area contributed by atoms with Crippen molar-refractivity contribution < 1.29 is 19.0 Å². The fraction of sp³-hybridized carbons (Fsp3) is 0.409. The van der Waals surface area contributed by atoms with Crippen LogP contribution in [0.4, 0.5) is 5.69 Å². The number of amides is 1. The maximum absolute atomic E-state index is 12.5. The SMILES string of the molecule is COc1ccc(NC(=O)CN2CCC[C@H]2c2ccc3c(c2)OCCCO3)cc1. The van der Waals surface area contributed by atoms with Gasteiger partial charge in [-0.1, -0.05) is 6.07 Å². The Labute approximate surface area is 165 Å². The fourth-order valence-corrected chi connectivity index (χ4v) is 3.84. The number of nitrogens with zero attached hydrogens (tertiary/aromatic N) is 1. The average Bonchev–Trinajstić information content (AvgIpc) is 3.03. The summed E-state index contributed by atoms with van der Waals surface area (Å²) in [5.41, 5.74) is 1.95. The minimum atomic E-state index is -0.00795. The molecule has 1 N–H and O–H groups in total. The van der Waals surface area contributed by atoms with E-state index in [1.807, 2.05) is 30.3 Å². The third kappa shape index (κ3) is 4.22. The number of likely N-dealkylation sites (tertiary alicyclic amines) is 1. The first-order valence-corrected chi connectivity index (χ1v) is 9.80. The van der Waals surface area contributed by atoms with E-state index in [1.165, 1.54) is 5.56 Å². The number of nitrogens with one attached hydrogen (secondary N) is 1. The molecule has 0 unspecified atom stereocenters. The number of carbonyl (C=O) groups excluding carboxylic acids is 1. The van der Waals surface area contributed by atoms with Crippen LogP contribution in [-0.4, -0.2) is 44.2 Å². The highest BCUT2D eigenvalue weighted by Gasteiger charge is 2.28. The molecule has 4 rings (SSSR count). The Kier molecular flexibility index (Phi) is 5.67. The normalized spacial score (nSPS) is 19.1. The Balaban J connectivity index is 1.41. The number of ether oxygens (including phenoxy) is 3. The maximum Gasteiger partial charge on any atom is 0.238 e. The number of rotatable bonds is 5. The zero-order valence-electron chi connectivity index (χ0n) is 16.1. The van der Waals surface area contributed by atoms with Crippen molar-refractivity contribution in [3.63, 3.8) is 0 Å². The second-order valence-corrected chi connectivity index (χ2v) is 7.16. The number of carbonyl (C=O) groups is 1. The Bertz CT molecular complexity index is 822.